The lowest BCUT2D eigenvalue weighted by Crippen LogP contribution is -2.40. The first-order valence-corrected chi connectivity index (χ1v) is 4.95. The van der Waals surface area contributed by atoms with Gasteiger partial charge in [0.2, 0.25) is 11.8 Å². The average molecular weight is 221 g/mol. The molecule has 1 unspecified atom stereocenters. The Morgan fingerprint density at radius 2 is 1.88 bits per heavy atom. The number of hydrogen-bond acceptors (Lipinski definition) is 3. The molecule has 0 aliphatic heterocycles. The minimum Gasteiger partial charge on any atom is -0.368 e. The molecule has 0 fully saturated rings. The fraction of sp³-hybridized carbons (Fsp3) is 0.273. The van der Waals surface area contributed by atoms with E-state index in [1.165, 1.54) is 0 Å². The molecule has 0 aliphatic carbocycles. The molecule has 1 aromatic rings. The molecule has 0 heterocycles. The molecule has 0 saturated heterocycles. The van der Waals surface area contributed by atoms with Crippen LogP contribution in [0, 0.1) is 0 Å². The Morgan fingerprint density at radius 3 is 2.44 bits per heavy atom. The molecule has 16 heavy (non-hydrogen) atoms. The Hall–Kier alpha value is -1.88. The van der Waals surface area contributed by atoms with Crippen molar-refractivity contribution in [2.45, 2.75) is 19.0 Å². The van der Waals surface area contributed by atoms with E-state index in [1.54, 1.807) is 0 Å². The quantitative estimate of drug-likeness (QED) is 0.625. The molecular weight excluding hydrogens is 206 g/mol. The van der Waals surface area contributed by atoms with E-state index in [1.807, 2.05) is 30.3 Å². The monoisotopic (exact) mass is 221 g/mol. The number of primary amides is 1. The van der Waals surface area contributed by atoms with Gasteiger partial charge in [-0.3, -0.25) is 9.59 Å². The molecule has 0 aliphatic rings. The third kappa shape index (κ3) is 4.10. The number of hydrogen-bond donors (Lipinski definition) is 3. The summed E-state index contributed by atoms with van der Waals surface area (Å²) in [5.41, 5.74) is 11.3. The largest absolute Gasteiger partial charge is 0.368 e. The van der Waals surface area contributed by atoms with Gasteiger partial charge in [-0.25, -0.2) is 0 Å². The zero-order valence-corrected chi connectivity index (χ0v) is 8.85. The van der Waals surface area contributed by atoms with Crippen molar-refractivity contribution in [2.24, 2.45) is 11.5 Å². The summed E-state index contributed by atoms with van der Waals surface area (Å²) in [5, 5.41) is 2.66. The van der Waals surface area contributed by atoms with Crippen molar-refractivity contribution < 1.29 is 9.59 Å². The highest BCUT2D eigenvalue weighted by Crippen LogP contribution is 1.97. The first-order valence-electron chi connectivity index (χ1n) is 4.95. The van der Waals surface area contributed by atoms with Gasteiger partial charge in [-0.2, -0.15) is 0 Å². The van der Waals surface area contributed by atoms with Gasteiger partial charge in [0.25, 0.3) is 0 Å². The van der Waals surface area contributed by atoms with Crippen LogP contribution in [0.2, 0.25) is 0 Å². The predicted molar refractivity (Wildman–Crippen MR) is 60.1 cm³/mol. The molecule has 0 saturated carbocycles. The van der Waals surface area contributed by atoms with E-state index in [9.17, 15) is 9.59 Å². The molecule has 5 heteroatoms. The topological polar surface area (TPSA) is 98.2 Å². The van der Waals surface area contributed by atoms with Gasteiger partial charge < -0.3 is 16.8 Å². The minimum absolute atomic E-state index is 0.0812. The second-order valence-electron chi connectivity index (χ2n) is 3.48. The van der Waals surface area contributed by atoms with Crippen LogP contribution < -0.4 is 16.8 Å². The van der Waals surface area contributed by atoms with Crippen molar-refractivity contribution in [1.82, 2.24) is 5.32 Å². The smallest absolute Gasteiger partial charge is 0.234 e. The fourth-order valence-corrected chi connectivity index (χ4v) is 1.17. The number of carbonyl (C=O) groups is 2. The Labute approximate surface area is 93.8 Å². The van der Waals surface area contributed by atoms with Gasteiger partial charge in [0, 0.05) is 6.54 Å². The molecule has 5 nitrogen and oxygen atoms in total. The van der Waals surface area contributed by atoms with Gasteiger partial charge in [-0.1, -0.05) is 30.3 Å². The van der Waals surface area contributed by atoms with Gasteiger partial charge in [0.15, 0.2) is 0 Å². The first kappa shape index (κ1) is 12.2. The van der Waals surface area contributed by atoms with Gasteiger partial charge in [0.05, 0.1) is 12.5 Å². The van der Waals surface area contributed by atoms with Crippen molar-refractivity contribution in [3.63, 3.8) is 0 Å². The summed E-state index contributed by atoms with van der Waals surface area (Å²) in [6, 6.07) is 8.54. The third-order valence-corrected chi connectivity index (χ3v) is 2.10. The van der Waals surface area contributed by atoms with E-state index < -0.39 is 11.9 Å². The molecule has 86 valence electrons. The number of nitrogens with two attached hydrogens (primary N) is 2. The Bertz CT molecular complexity index is 365. The second kappa shape index (κ2) is 5.87. The maximum Gasteiger partial charge on any atom is 0.234 e. The number of carbonyl (C=O) groups excluding carboxylic acids is 2. The molecule has 0 bridgehead atoms. The van der Waals surface area contributed by atoms with E-state index in [0.29, 0.717) is 6.54 Å². The van der Waals surface area contributed by atoms with E-state index >= 15 is 0 Å². The van der Waals surface area contributed by atoms with Crippen LogP contribution >= 0.6 is 0 Å². The highest BCUT2D eigenvalue weighted by atomic mass is 16.2. The predicted octanol–water partition coefficient (Wildman–Crippen LogP) is -0.494. The van der Waals surface area contributed by atoms with E-state index in [0.717, 1.165) is 5.56 Å². The van der Waals surface area contributed by atoms with Crippen LogP contribution in [-0.2, 0) is 16.1 Å². The maximum absolute atomic E-state index is 11.3. The molecule has 0 aromatic heterocycles. The Morgan fingerprint density at radius 1 is 1.25 bits per heavy atom. The molecular formula is C11H15N3O2. The van der Waals surface area contributed by atoms with Crippen molar-refractivity contribution in [1.29, 1.82) is 0 Å². The van der Waals surface area contributed by atoms with Crippen LogP contribution in [0.5, 0.6) is 0 Å². The normalized spacial score (nSPS) is 11.8. The first-order chi connectivity index (χ1) is 7.59. The lowest BCUT2D eigenvalue weighted by atomic mass is 10.2. The number of benzene rings is 1. The minimum atomic E-state index is -0.921. The summed E-state index contributed by atoms with van der Waals surface area (Å²) in [7, 11) is 0. The lowest BCUT2D eigenvalue weighted by Gasteiger charge is -2.08. The van der Waals surface area contributed by atoms with Gasteiger partial charge in [0.1, 0.15) is 0 Å². The number of amides is 2. The van der Waals surface area contributed by atoms with Gasteiger partial charge >= 0.3 is 0 Å². The number of rotatable bonds is 5. The maximum atomic E-state index is 11.3. The van der Waals surface area contributed by atoms with Crippen LogP contribution in [0.25, 0.3) is 0 Å². The summed E-state index contributed by atoms with van der Waals surface area (Å²) in [4.78, 5) is 22.0. The molecule has 1 aromatic carbocycles. The summed E-state index contributed by atoms with van der Waals surface area (Å²) in [6.07, 6.45) is -0.0812. The molecule has 5 N–H and O–H groups in total. The molecule has 2 amide bonds. The fourth-order valence-electron chi connectivity index (χ4n) is 1.17. The van der Waals surface area contributed by atoms with E-state index in [4.69, 9.17) is 11.5 Å². The van der Waals surface area contributed by atoms with Crippen LogP contribution in [0.4, 0.5) is 0 Å². The van der Waals surface area contributed by atoms with Crippen molar-refractivity contribution in [3.8, 4) is 0 Å². The Kier molecular flexibility index (Phi) is 4.47. The van der Waals surface area contributed by atoms with E-state index in [2.05, 4.69) is 5.32 Å². The number of nitrogens with one attached hydrogen (secondary N) is 1. The van der Waals surface area contributed by atoms with Crippen molar-refractivity contribution >= 4 is 11.8 Å². The van der Waals surface area contributed by atoms with Crippen molar-refractivity contribution in [3.05, 3.63) is 35.9 Å². The summed E-state index contributed by atoms with van der Waals surface area (Å²) >= 11 is 0. The summed E-state index contributed by atoms with van der Waals surface area (Å²) < 4.78 is 0. The lowest BCUT2D eigenvalue weighted by molar-refractivity contribution is -0.126. The van der Waals surface area contributed by atoms with Crippen LogP contribution in [0.3, 0.4) is 0 Å². The zero-order valence-electron chi connectivity index (χ0n) is 8.85. The van der Waals surface area contributed by atoms with E-state index in [-0.39, 0.29) is 12.3 Å². The summed E-state index contributed by atoms with van der Waals surface area (Å²) in [6.45, 7) is 0.422. The van der Waals surface area contributed by atoms with Crippen LogP contribution in [0.1, 0.15) is 12.0 Å². The Balaban J connectivity index is 2.33. The van der Waals surface area contributed by atoms with Gasteiger partial charge in [-0.15, -0.1) is 0 Å². The second-order valence-corrected chi connectivity index (χ2v) is 3.48. The van der Waals surface area contributed by atoms with Gasteiger partial charge in [-0.05, 0) is 5.56 Å². The SMILES string of the molecule is NC(=O)C(N)CC(=O)NCc1ccccc1. The standard InChI is InChI=1S/C11H15N3O2/c12-9(11(13)16)6-10(15)14-7-8-4-2-1-3-5-8/h1-5,9H,6-7,12H2,(H2,13,16)(H,14,15). The van der Waals surface area contributed by atoms with Crippen LogP contribution in [-0.4, -0.2) is 17.9 Å². The molecule has 0 radical (unpaired) electrons. The van der Waals surface area contributed by atoms with Crippen molar-refractivity contribution in [2.75, 3.05) is 0 Å². The highest BCUT2D eigenvalue weighted by molar-refractivity contribution is 5.87. The average Bonchev–Trinajstić information content (AvgIpc) is 2.27. The highest BCUT2D eigenvalue weighted by Gasteiger charge is 2.13. The molecule has 0 spiro atoms. The van der Waals surface area contributed by atoms with Crippen LogP contribution in [0.15, 0.2) is 30.3 Å². The molecule has 1 atom stereocenters. The molecule has 1 rings (SSSR count). The zero-order chi connectivity index (χ0) is 12.0. The third-order valence-electron chi connectivity index (χ3n) is 2.10. The summed E-state index contributed by atoms with van der Waals surface area (Å²) in [5.74, 6) is -0.954.